The number of hydrogen-bond donors (Lipinski definition) is 5. The molecule has 0 aliphatic carbocycles. The summed E-state index contributed by atoms with van der Waals surface area (Å²) in [5, 5.41) is 45.1. The van der Waals surface area contributed by atoms with Gasteiger partial charge >= 0.3 is 23.9 Å². The minimum absolute atomic E-state index is 0.213. The average molecular weight is 565 g/mol. The van der Waals surface area contributed by atoms with Gasteiger partial charge in [0.05, 0.1) is 15.7 Å². The molecule has 0 spiro atoms. The first-order chi connectivity index (χ1) is 17.3. The van der Waals surface area contributed by atoms with E-state index in [4.69, 9.17) is 67.5 Å². The van der Waals surface area contributed by atoms with E-state index in [0.29, 0.717) is 22.5 Å². The van der Waals surface area contributed by atoms with E-state index in [2.05, 4.69) is 21.9 Å². The molecule has 3 rings (SSSR count). The molecule has 0 amide bonds. The number of ether oxygens (including phenoxy) is 1. The standard InChI is InChI=1S/C17H22Cl2N4O2.2C2H2O4/c1-21-6-8-22(9-7-21)11-14(24)12-25-17-4-5-23(20-17)13-2-3-15(18)16(19)10-13;2*3-1(4)2(5)6/h2-5,10,14,24H,6-9,11-12H2,1H3;2*(H,3,4)(H,5,6). The fraction of sp³-hybridized carbons (Fsp3) is 0.381. The van der Waals surface area contributed by atoms with Gasteiger partial charge in [0.2, 0.25) is 5.88 Å². The van der Waals surface area contributed by atoms with Crippen LogP contribution in [-0.2, 0) is 19.2 Å². The first kappa shape index (κ1) is 31.6. The summed E-state index contributed by atoms with van der Waals surface area (Å²) < 4.78 is 7.27. The summed E-state index contributed by atoms with van der Waals surface area (Å²) in [4.78, 5) is 40.9. The molecule has 1 aromatic carbocycles. The van der Waals surface area contributed by atoms with Gasteiger partial charge in [-0.3, -0.25) is 4.90 Å². The average Bonchev–Trinajstić information content (AvgIpc) is 3.31. The maximum atomic E-state index is 10.2. The fourth-order valence-corrected chi connectivity index (χ4v) is 3.01. The van der Waals surface area contributed by atoms with Crippen molar-refractivity contribution in [3.05, 3.63) is 40.5 Å². The second kappa shape index (κ2) is 15.6. The molecule has 16 heteroatoms. The lowest BCUT2D eigenvalue weighted by Crippen LogP contribution is -2.47. The van der Waals surface area contributed by atoms with E-state index in [1.165, 1.54) is 0 Å². The number of benzene rings is 1. The third kappa shape index (κ3) is 12.4. The lowest BCUT2D eigenvalue weighted by molar-refractivity contribution is -0.159. The molecule has 1 saturated heterocycles. The fourth-order valence-electron chi connectivity index (χ4n) is 2.72. The van der Waals surface area contributed by atoms with Gasteiger partial charge in [-0.2, -0.15) is 0 Å². The SMILES string of the molecule is CN1CCN(CC(O)COc2ccn(-c3ccc(Cl)c(Cl)c3)n2)CC1.O=C(O)C(=O)O.O=C(O)C(=O)O. The highest BCUT2D eigenvalue weighted by Crippen LogP contribution is 2.24. The van der Waals surface area contributed by atoms with Crippen LogP contribution in [0, 0.1) is 0 Å². The largest absolute Gasteiger partial charge is 0.474 e. The maximum Gasteiger partial charge on any atom is 0.414 e. The van der Waals surface area contributed by atoms with Crippen molar-refractivity contribution in [2.75, 3.05) is 46.4 Å². The number of aliphatic carboxylic acids is 4. The number of likely N-dealkylation sites (N-methyl/N-ethyl adjacent to an activating group) is 1. The van der Waals surface area contributed by atoms with Crippen LogP contribution in [0.1, 0.15) is 0 Å². The van der Waals surface area contributed by atoms with Crippen molar-refractivity contribution in [1.82, 2.24) is 19.6 Å². The molecular weight excluding hydrogens is 539 g/mol. The van der Waals surface area contributed by atoms with Crippen molar-refractivity contribution in [3.63, 3.8) is 0 Å². The number of halogens is 2. The van der Waals surface area contributed by atoms with Gasteiger partial charge in [-0.1, -0.05) is 23.2 Å². The highest BCUT2D eigenvalue weighted by molar-refractivity contribution is 6.42. The summed E-state index contributed by atoms with van der Waals surface area (Å²) in [5.41, 5.74) is 0.794. The summed E-state index contributed by atoms with van der Waals surface area (Å²) in [6.07, 6.45) is 1.24. The van der Waals surface area contributed by atoms with E-state index >= 15 is 0 Å². The highest BCUT2D eigenvalue weighted by atomic mass is 35.5. The Bertz CT molecular complexity index is 1030. The maximum absolute atomic E-state index is 10.2. The number of carboxylic acids is 4. The summed E-state index contributed by atoms with van der Waals surface area (Å²) in [6, 6.07) is 7.04. The van der Waals surface area contributed by atoms with E-state index in [-0.39, 0.29) is 6.61 Å². The van der Waals surface area contributed by atoms with Crippen LogP contribution < -0.4 is 4.74 Å². The van der Waals surface area contributed by atoms with Crippen molar-refractivity contribution < 1.29 is 49.4 Å². The highest BCUT2D eigenvalue weighted by Gasteiger charge is 2.17. The normalized spacial score (nSPS) is 14.3. The Hall–Kier alpha value is -3.43. The number of aromatic nitrogens is 2. The third-order valence-electron chi connectivity index (χ3n) is 4.59. The van der Waals surface area contributed by atoms with E-state index in [1.54, 1.807) is 29.1 Å². The lowest BCUT2D eigenvalue weighted by atomic mass is 10.3. The Kier molecular flexibility index (Phi) is 13.4. The molecule has 1 aliphatic rings. The van der Waals surface area contributed by atoms with Gasteiger partial charge < -0.3 is 35.2 Å². The topological polar surface area (TPSA) is 203 Å². The lowest BCUT2D eigenvalue weighted by Gasteiger charge is -2.33. The second-order valence-electron chi connectivity index (χ2n) is 7.49. The minimum atomic E-state index is -1.82. The smallest absolute Gasteiger partial charge is 0.414 e. The monoisotopic (exact) mass is 564 g/mol. The molecule has 1 fully saturated rings. The number of aliphatic hydroxyl groups excluding tert-OH is 1. The van der Waals surface area contributed by atoms with Crippen molar-refractivity contribution >= 4 is 47.1 Å². The van der Waals surface area contributed by atoms with Crippen LogP contribution in [0.15, 0.2) is 30.5 Å². The number of aliphatic hydroxyl groups is 1. The van der Waals surface area contributed by atoms with Gasteiger partial charge in [0.15, 0.2) is 0 Å². The number of piperazine rings is 1. The second-order valence-corrected chi connectivity index (χ2v) is 8.30. The Morgan fingerprint density at radius 1 is 0.919 bits per heavy atom. The van der Waals surface area contributed by atoms with E-state index in [9.17, 15) is 5.11 Å². The van der Waals surface area contributed by atoms with Crippen molar-refractivity contribution in [2.45, 2.75) is 6.10 Å². The summed E-state index contributed by atoms with van der Waals surface area (Å²) >= 11 is 12.0. The quantitative estimate of drug-likeness (QED) is 0.303. The number of β-amino-alcohol motifs (C(OH)–C–C–N with tert-alkyl or cyclic N) is 1. The summed E-state index contributed by atoms with van der Waals surface area (Å²) in [7, 11) is 2.11. The van der Waals surface area contributed by atoms with E-state index < -0.39 is 30.0 Å². The van der Waals surface area contributed by atoms with Crippen LogP contribution in [0.25, 0.3) is 5.69 Å². The third-order valence-corrected chi connectivity index (χ3v) is 5.33. The van der Waals surface area contributed by atoms with E-state index in [0.717, 1.165) is 31.9 Å². The first-order valence-corrected chi connectivity index (χ1v) is 11.2. The summed E-state index contributed by atoms with van der Waals surface area (Å²) in [6.45, 7) is 4.83. The van der Waals surface area contributed by atoms with Crippen molar-refractivity contribution in [1.29, 1.82) is 0 Å². The molecule has 5 N–H and O–H groups in total. The van der Waals surface area contributed by atoms with Gasteiger partial charge in [0, 0.05) is 45.0 Å². The van der Waals surface area contributed by atoms with Crippen molar-refractivity contribution in [2.24, 2.45) is 0 Å². The molecule has 2 heterocycles. The van der Waals surface area contributed by atoms with Gasteiger partial charge in [0.25, 0.3) is 0 Å². The van der Waals surface area contributed by atoms with Crippen molar-refractivity contribution in [3.8, 4) is 11.6 Å². The number of carboxylic acid groups (broad SMARTS) is 4. The number of rotatable bonds is 6. The molecule has 2 aromatic rings. The zero-order valence-electron chi connectivity index (χ0n) is 19.5. The Morgan fingerprint density at radius 2 is 1.46 bits per heavy atom. The molecule has 1 unspecified atom stereocenters. The zero-order valence-corrected chi connectivity index (χ0v) is 21.0. The predicted octanol–water partition coefficient (Wildman–Crippen LogP) is 0.477. The molecular formula is C21H26Cl2N4O10. The Morgan fingerprint density at radius 3 is 1.95 bits per heavy atom. The molecule has 1 aliphatic heterocycles. The van der Waals surface area contributed by atoms with Crippen LogP contribution in [0.2, 0.25) is 10.0 Å². The van der Waals surface area contributed by atoms with Crippen LogP contribution >= 0.6 is 23.2 Å². The van der Waals surface area contributed by atoms with Crippen LogP contribution in [0.4, 0.5) is 0 Å². The minimum Gasteiger partial charge on any atom is -0.474 e. The van der Waals surface area contributed by atoms with Gasteiger partial charge in [-0.25, -0.2) is 23.9 Å². The Balaban J connectivity index is 0.000000476. The molecule has 1 atom stereocenters. The number of nitrogens with zero attached hydrogens (tertiary/aromatic N) is 4. The first-order valence-electron chi connectivity index (χ1n) is 10.5. The van der Waals surface area contributed by atoms with Gasteiger partial charge in [0.1, 0.15) is 12.7 Å². The van der Waals surface area contributed by atoms with Crippen LogP contribution in [0.5, 0.6) is 5.88 Å². The zero-order chi connectivity index (χ0) is 28.1. The van der Waals surface area contributed by atoms with Crippen LogP contribution in [0.3, 0.4) is 0 Å². The van der Waals surface area contributed by atoms with Gasteiger partial charge in [-0.05, 0) is 25.2 Å². The predicted molar refractivity (Wildman–Crippen MR) is 130 cm³/mol. The molecule has 1 aromatic heterocycles. The number of hydrogen-bond acceptors (Lipinski definition) is 9. The van der Waals surface area contributed by atoms with Gasteiger partial charge in [-0.15, -0.1) is 5.10 Å². The molecule has 0 radical (unpaired) electrons. The molecule has 204 valence electrons. The Labute approximate surface area is 220 Å². The number of carbonyl (C=O) groups is 4. The molecule has 0 bridgehead atoms. The molecule has 37 heavy (non-hydrogen) atoms. The summed E-state index contributed by atoms with van der Waals surface area (Å²) in [5.74, 6) is -6.83. The van der Waals surface area contributed by atoms with Crippen LogP contribution in [-0.4, -0.2) is 121 Å². The molecule has 0 saturated carbocycles. The van der Waals surface area contributed by atoms with E-state index in [1.807, 2.05) is 6.07 Å². The molecule has 14 nitrogen and oxygen atoms in total.